The van der Waals surface area contributed by atoms with Crippen molar-refractivity contribution < 1.29 is 26.2 Å². The standard InChI is InChI=1S/C70H76N3O.Pt/c1-44-35-45(43-66(2,3)4)25-31-55(44)48-28-26-46(27-29-48)49-33-34-71-60(39-49)51-36-50(37-53(38-51)68(8,9)10)56-23-20-24-62-63(56)72-65(58-41-54(69(11,12)13)42-59(64(58)74)70(14,15)16)73(62)61-32-30-52(67(5,6)7)40-57(61)47-21-18-17-19-22-47;/h17-35,37-42,74H,43H2,1-16H3;/q-1;. The second kappa shape index (κ2) is 20.3. The van der Waals surface area contributed by atoms with Crippen molar-refractivity contribution in [2.24, 2.45) is 5.41 Å². The number of aromatic hydroxyl groups is 1. The summed E-state index contributed by atoms with van der Waals surface area (Å²) >= 11 is 0. The number of phenolic OH excluding ortho intramolecular Hbond substituents is 1. The Morgan fingerprint density at radius 1 is 0.493 bits per heavy atom. The van der Waals surface area contributed by atoms with E-state index in [2.05, 4.69) is 267 Å². The molecule has 9 aromatic rings. The number of benzene rings is 7. The van der Waals surface area contributed by atoms with Crippen LogP contribution in [0.5, 0.6) is 5.75 Å². The molecule has 0 fully saturated rings. The van der Waals surface area contributed by atoms with Gasteiger partial charge in [-0.3, -0.25) is 9.55 Å². The van der Waals surface area contributed by atoms with Gasteiger partial charge < -0.3 is 5.11 Å². The van der Waals surface area contributed by atoms with Crippen LogP contribution in [0.15, 0.2) is 152 Å². The third-order valence-electron chi connectivity index (χ3n) is 14.5. The van der Waals surface area contributed by atoms with Gasteiger partial charge in [0.1, 0.15) is 11.6 Å². The van der Waals surface area contributed by atoms with Gasteiger partial charge in [0, 0.05) is 44.1 Å². The first-order valence-electron chi connectivity index (χ1n) is 26.5. The predicted molar refractivity (Wildman–Crippen MR) is 315 cm³/mol. The fourth-order valence-electron chi connectivity index (χ4n) is 10.3. The largest absolute Gasteiger partial charge is 0.507 e. The van der Waals surface area contributed by atoms with Gasteiger partial charge in [-0.2, -0.15) is 0 Å². The summed E-state index contributed by atoms with van der Waals surface area (Å²) in [6, 6.07) is 56.9. The van der Waals surface area contributed by atoms with Crippen LogP contribution in [0.4, 0.5) is 0 Å². The van der Waals surface area contributed by atoms with Gasteiger partial charge in [0.15, 0.2) is 0 Å². The number of para-hydroxylation sites is 1. The van der Waals surface area contributed by atoms with Crippen LogP contribution in [0.3, 0.4) is 0 Å². The Balaban J connectivity index is 0.00000747. The summed E-state index contributed by atoms with van der Waals surface area (Å²) in [6.07, 6.45) is 2.97. The van der Waals surface area contributed by atoms with E-state index >= 15 is 0 Å². The molecule has 7 aromatic carbocycles. The smallest absolute Gasteiger partial charge is 0.148 e. The maximum absolute atomic E-state index is 12.6. The summed E-state index contributed by atoms with van der Waals surface area (Å²) in [5.41, 5.74) is 20.6. The van der Waals surface area contributed by atoms with Crippen molar-refractivity contribution in [3.05, 3.63) is 191 Å². The molecular weight excluding hydrogens is 1090 g/mol. The summed E-state index contributed by atoms with van der Waals surface area (Å²) in [6.45, 7) is 35.9. The Morgan fingerprint density at radius 2 is 1.11 bits per heavy atom. The maximum atomic E-state index is 12.6. The molecule has 0 bridgehead atoms. The van der Waals surface area contributed by atoms with E-state index in [1.54, 1.807) is 0 Å². The van der Waals surface area contributed by atoms with Gasteiger partial charge in [-0.15, -0.1) is 29.3 Å². The number of aromatic nitrogens is 3. The van der Waals surface area contributed by atoms with Crippen LogP contribution < -0.4 is 0 Å². The molecule has 0 unspecified atom stereocenters. The van der Waals surface area contributed by atoms with Gasteiger partial charge in [0.2, 0.25) is 0 Å². The summed E-state index contributed by atoms with van der Waals surface area (Å²) in [5, 5.41) is 12.6. The molecule has 0 radical (unpaired) electrons. The van der Waals surface area contributed by atoms with Crippen molar-refractivity contribution in [3.8, 4) is 78.6 Å². The molecule has 1 N–H and O–H groups in total. The minimum absolute atomic E-state index is 0. The molecule has 0 saturated carbocycles. The molecule has 0 amide bonds. The normalized spacial score (nSPS) is 12.5. The Morgan fingerprint density at radius 3 is 1.73 bits per heavy atom. The van der Waals surface area contributed by atoms with E-state index in [0.29, 0.717) is 11.4 Å². The molecule has 0 aliphatic heterocycles. The Kier molecular flexibility index (Phi) is 14.9. The third-order valence-corrected chi connectivity index (χ3v) is 14.5. The quantitative estimate of drug-likeness (QED) is 0.154. The van der Waals surface area contributed by atoms with Gasteiger partial charge >= 0.3 is 0 Å². The van der Waals surface area contributed by atoms with Crippen LogP contribution in [0.25, 0.3) is 83.9 Å². The average Bonchev–Trinajstić information content (AvgIpc) is 3.72. The molecule has 2 heterocycles. The van der Waals surface area contributed by atoms with Crippen molar-refractivity contribution in [2.45, 2.75) is 139 Å². The first kappa shape index (κ1) is 54.9. The van der Waals surface area contributed by atoms with Gasteiger partial charge in [-0.25, -0.2) is 4.98 Å². The zero-order chi connectivity index (χ0) is 53.3. The zero-order valence-corrected chi connectivity index (χ0v) is 49.5. The number of pyridine rings is 1. The monoisotopic (exact) mass is 1170 g/mol. The molecule has 0 aliphatic rings. The number of rotatable bonds is 8. The van der Waals surface area contributed by atoms with Crippen LogP contribution in [-0.4, -0.2) is 19.6 Å². The van der Waals surface area contributed by atoms with Gasteiger partial charge in [0.05, 0.1) is 22.3 Å². The predicted octanol–water partition coefficient (Wildman–Crippen LogP) is 19.0. The average molecular weight is 1170 g/mol. The van der Waals surface area contributed by atoms with Crippen molar-refractivity contribution in [1.82, 2.24) is 14.5 Å². The van der Waals surface area contributed by atoms with E-state index in [9.17, 15) is 5.11 Å². The van der Waals surface area contributed by atoms with Crippen molar-refractivity contribution in [2.75, 3.05) is 0 Å². The molecule has 75 heavy (non-hydrogen) atoms. The molecule has 0 spiro atoms. The topological polar surface area (TPSA) is 50.9 Å². The fourth-order valence-corrected chi connectivity index (χ4v) is 10.3. The third kappa shape index (κ3) is 11.6. The van der Waals surface area contributed by atoms with E-state index in [-0.39, 0.29) is 53.9 Å². The molecular formula is C70H76N3OPt-. The van der Waals surface area contributed by atoms with Gasteiger partial charge in [0.25, 0.3) is 0 Å². The van der Waals surface area contributed by atoms with Crippen LogP contribution >= 0.6 is 0 Å². The number of imidazole rings is 1. The van der Waals surface area contributed by atoms with Crippen LogP contribution in [0.1, 0.15) is 137 Å². The number of fused-ring (bicyclic) bond motifs is 1. The summed E-state index contributed by atoms with van der Waals surface area (Å²) in [5.74, 6) is 0.934. The molecule has 2 aromatic heterocycles. The number of hydrogen-bond donors (Lipinski definition) is 1. The maximum Gasteiger partial charge on any atom is 0.148 e. The molecule has 388 valence electrons. The molecule has 0 aliphatic carbocycles. The fraction of sp³-hybridized carbons (Fsp3) is 0.314. The minimum atomic E-state index is -0.336. The van der Waals surface area contributed by atoms with Crippen molar-refractivity contribution in [1.29, 1.82) is 0 Å². The van der Waals surface area contributed by atoms with Gasteiger partial charge in [-0.1, -0.05) is 218 Å². The van der Waals surface area contributed by atoms with E-state index in [1.165, 1.54) is 33.4 Å². The number of hydrogen-bond acceptors (Lipinski definition) is 3. The summed E-state index contributed by atoms with van der Waals surface area (Å²) in [7, 11) is 0. The SMILES string of the molecule is Cc1cc(CC(C)(C)C)ccc1-c1ccc(-c2ccnc(-c3[c-]c(-c4cccc5c4nc(-c4cc(C(C)(C)C)cc(C(C)(C)C)c4O)n5-c4ccc(C(C)(C)C)cc4-c4ccccc4)cc(C(C)(C)C)c3)c2)cc1.[Pt]. The van der Waals surface area contributed by atoms with E-state index < -0.39 is 0 Å². The molecule has 9 rings (SSSR count). The summed E-state index contributed by atoms with van der Waals surface area (Å²) in [4.78, 5) is 10.7. The molecule has 0 atom stereocenters. The Hall–Kier alpha value is -6.35. The van der Waals surface area contributed by atoms with Crippen LogP contribution in [0.2, 0.25) is 0 Å². The van der Waals surface area contributed by atoms with Gasteiger partial charge in [-0.05, 0) is 121 Å². The van der Waals surface area contributed by atoms with Crippen molar-refractivity contribution >= 4 is 11.0 Å². The Labute approximate surface area is 463 Å². The first-order valence-corrected chi connectivity index (χ1v) is 26.5. The molecule has 0 saturated heterocycles. The number of phenols is 1. The molecule has 4 nitrogen and oxygen atoms in total. The zero-order valence-electron chi connectivity index (χ0n) is 47.2. The van der Waals surface area contributed by atoms with E-state index in [4.69, 9.17) is 9.97 Å². The summed E-state index contributed by atoms with van der Waals surface area (Å²) < 4.78 is 2.29. The second-order valence-corrected chi connectivity index (χ2v) is 26.1. The van der Waals surface area contributed by atoms with E-state index in [0.717, 1.165) is 78.9 Å². The first-order chi connectivity index (χ1) is 34.6. The van der Waals surface area contributed by atoms with Crippen LogP contribution in [0, 0.1) is 18.4 Å². The minimum Gasteiger partial charge on any atom is -0.507 e. The van der Waals surface area contributed by atoms with Crippen molar-refractivity contribution in [3.63, 3.8) is 0 Å². The number of aryl methyl sites for hydroxylation is 1. The molecule has 5 heteroatoms. The van der Waals surface area contributed by atoms with E-state index in [1.807, 2.05) is 6.20 Å². The number of nitrogens with zero attached hydrogens (tertiary/aromatic N) is 3. The Bertz CT molecular complexity index is 3540. The van der Waals surface area contributed by atoms with Crippen LogP contribution in [-0.2, 0) is 49.1 Å². The second-order valence-electron chi connectivity index (χ2n) is 26.1.